The molecular formula is C18H10Cl3N3O. The van der Waals surface area contributed by atoms with Crippen LogP contribution in [0, 0.1) is 0 Å². The smallest absolute Gasteiger partial charge is 0.239 e. The topological polar surface area (TPSA) is 50.8 Å². The molecule has 0 spiro atoms. The first-order valence-electron chi connectivity index (χ1n) is 7.35. The number of H-pyrrole nitrogens is 1. The van der Waals surface area contributed by atoms with Gasteiger partial charge in [0.05, 0.1) is 16.1 Å². The number of para-hydroxylation sites is 2. The summed E-state index contributed by atoms with van der Waals surface area (Å²) in [4.78, 5) is 11.9. The summed E-state index contributed by atoms with van der Waals surface area (Å²) in [6, 6.07) is 16.8. The number of hydrogen-bond acceptors (Lipinski definition) is 3. The molecule has 0 saturated heterocycles. The van der Waals surface area contributed by atoms with Crippen LogP contribution in [0.25, 0.3) is 22.4 Å². The maximum Gasteiger partial charge on any atom is 0.239 e. The van der Waals surface area contributed by atoms with E-state index in [2.05, 4.69) is 15.0 Å². The molecule has 0 unspecified atom stereocenters. The van der Waals surface area contributed by atoms with Gasteiger partial charge in [-0.25, -0.2) is 4.98 Å². The van der Waals surface area contributed by atoms with Crippen LogP contribution in [-0.2, 0) is 0 Å². The Balaban J connectivity index is 1.69. The first-order chi connectivity index (χ1) is 12.1. The Hall–Kier alpha value is -2.27. The first-order valence-corrected chi connectivity index (χ1v) is 8.48. The lowest BCUT2D eigenvalue weighted by Gasteiger charge is -2.08. The summed E-state index contributed by atoms with van der Waals surface area (Å²) in [6.45, 7) is 0. The van der Waals surface area contributed by atoms with Crippen LogP contribution in [0.5, 0.6) is 11.6 Å². The quantitative estimate of drug-likeness (QED) is 0.413. The van der Waals surface area contributed by atoms with Gasteiger partial charge in [-0.15, -0.1) is 0 Å². The average Bonchev–Trinajstić information content (AvgIpc) is 3.04. The molecule has 4 aromatic rings. The van der Waals surface area contributed by atoms with Crippen LogP contribution in [0.2, 0.25) is 15.2 Å². The third-order valence-corrected chi connectivity index (χ3v) is 4.51. The zero-order chi connectivity index (χ0) is 17.4. The van der Waals surface area contributed by atoms with Crippen molar-refractivity contribution in [2.45, 2.75) is 0 Å². The lowest BCUT2D eigenvalue weighted by molar-refractivity contribution is 0.463. The molecular weight excluding hydrogens is 381 g/mol. The normalized spacial score (nSPS) is 11.0. The van der Waals surface area contributed by atoms with Crippen molar-refractivity contribution in [3.05, 3.63) is 69.8 Å². The minimum absolute atomic E-state index is 0.134. The highest BCUT2D eigenvalue weighted by Gasteiger charge is 2.11. The van der Waals surface area contributed by atoms with Gasteiger partial charge in [-0.1, -0.05) is 59.1 Å². The fourth-order valence-corrected chi connectivity index (χ4v) is 2.94. The van der Waals surface area contributed by atoms with Crippen LogP contribution >= 0.6 is 34.8 Å². The molecule has 25 heavy (non-hydrogen) atoms. The zero-order valence-electron chi connectivity index (χ0n) is 12.6. The van der Waals surface area contributed by atoms with Gasteiger partial charge < -0.3 is 9.72 Å². The second-order valence-corrected chi connectivity index (χ2v) is 6.45. The number of rotatable bonds is 3. The number of pyridine rings is 1. The molecule has 0 atom stereocenters. The molecule has 2 heterocycles. The van der Waals surface area contributed by atoms with E-state index < -0.39 is 0 Å². The van der Waals surface area contributed by atoms with Gasteiger partial charge >= 0.3 is 0 Å². The van der Waals surface area contributed by atoms with Gasteiger partial charge in [-0.05, 0) is 30.3 Å². The largest absolute Gasteiger partial charge is 0.437 e. The van der Waals surface area contributed by atoms with Crippen LogP contribution in [0.3, 0.4) is 0 Å². The van der Waals surface area contributed by atoms with Crippen molar-refractivity contribution in [2.24, 2.45) is 0 Å². The Bertz CT molecular complexity index is 1050. The molecule has 4 nitrogen and oxygen atoms in total. The van der Waals surface area contributed by atoms with E-state index in [9.17, 15) is 0 Å². The Morgan fingerprint density at radius 1 is 0.840 bits per heavy atom. The zero-order valence-corrected chi connectivity index (χ0v) is 14.9. The predicted molar refractivity (Wildman–Crippen MR) is 101 cm³/mol. The minimum atomic E-state index is 0.134. The van der Waals surface area contributed by atoms with Crippen LogP contribution in [0.15, 0.2) is 54.6 Å². The average molecular weight is 391 g/mol. The van der Waals surface area contributed by atoms with Crippen molar-refractivity contribution in [2.75, 3.05) is 0 Å². The highest BCUT2D eigenvalue weighted by Crippen LogP contribution is 2.34. The summed E-state index contributed by atoms with van der Waals surface area (Å²) in [5.41, 5.74) is 2.75. The second-order valence-electron chi connectivity index (χ2n) is 5.28. The third kappa shape index (κ3) is 3.29. The van der Waals surface area contributed by atoms with Gasteiger partial charge in [-0.2, -0.15) is 4.98 Å². The van der Waals surface area contributed by atoms with Crippen molar-refractivity contribution in [3.63, 3.8) is 0 Å². The van der Waals surface area contributed by atoms with Crippen molar-refractivity contribution in [3.8, 4) is 23.0 Å². The first kappa shape index (κ1) is 16.2. The molecule has 0 bridgehead atoms. The van der Waals surface area contributed by atoms with Crippen molar-refractivity contribution >= 4 is 45.8 Å². The van der Waals surface area contributed by atoms with Gasteiger partial charge in [0.2, 0.25) is 5.88 Å². The van der Waals surface area contributed by atoms with Gasteiger partial charge in [0, 0.05) is 5.56 Å². The van der Waals surface area contributed by atoms with E-state index in [0.29, 0.717) is 5.75 Å². The number of halogens is 3. The van der Waals surface area contributed by atoms with Crippen molar-refractivity contribution in [1.29, 1.82) is 0 Å². The second kappa shape index (κ2) is 6.56. The van der Waals surface area contributed by atoms with E-state index in [1.165, 1.54) is 6.07 Å². The predicted octanol–water partition coefficient (Wildman–Crippen LogP) is 6.38. The number of hydrogen-bond donors (Lipinski definition) is 1. The van der Waals surface area contributed by atoms with E-state index in [1.54, 1.807) is 6.07 Å². The molecule has 0 aliphatic carbocycles. The number of benzene rings is 2. The molecule has 0 amide bonds. The van der Waals surface area contributed by atoms with Crippen LogP contribution in [-0.4, -0.2) is 15.0 Å². The molecule has 2 aromatic heterocycles. The minimum Gasteiger partial charge on any atom is -0.437 e. The fourth-order valence-electron chi connectivity index (χ4n) is 2.41. The molecule has 0 radical (unpaired) electrons. The monoisotopic (exact) mass is 389 g/mol. The van der Waals surface area contributed by atoms with Gasteiger partial charge in [0.25, 0.3) is 0 Å². The highest BCUT2D eigenvalue weighted by molar-refractivity contribution is 6.42. The fraction of sp³-hybridized carbons (Fsp3) is 0. The van der Waals surface area contributed by atoms with E-state index in [4.69, 9.17) is 39.5 Å². The number of aromatic amines is 1. The molecule has 4 rings (SSSR count). The van der Waals surface area contributed by atoms with Crippen molar-refractivity contribution in [1.82, 2.24) is 15.0 Å². The Kier molecular flexibility index (Phi) is 4.25. The van der Waals surface area contributed by atoms with Crippen LogP contribution in [0.1, 0.15) is 0 Å². The maximum absolute atomic E-state index is 6.11. The van der Waals surface area contributed by atoms with E-state index in [1.807, 2.05) is 42.5 Å². The Labute approximate surface area is 158 Å². The summed E-state index contributed by atoms with van der Waals surface area (Å²) in [6.07, 6.45) is 0. The standard InChI is InChI=1S/C18H10Cl3N3O/c19-12-9-13(20)18(24-16(12)21)25-11-5-3-4-10(8-11)17-22-14-6-1-2-7-15(14)23-17/h1-9H,(H,22,23). The molecule has 2 aromatic carbocycles. The summed E-state index contributed by atoms with van der Waals surface area (Å²) < 4.78 is 5.75. The van der Waals surface area contributed by atoms with Crippen LogP contribution < -0.4 is 4.74 Å². The Morgan fingerprint density at radius 2 is 1.68 bits per heavy atom. The SMILES string of the molecule is Clc1cc(Cl)c(Oc2cccc(-c3nc4ccccc4[nH]3)c2)nc1Cl. The summed E-state index contributed by atoms with van der Waals surface area (Å²) >= 11 is 17.9. The van der Waals surface area contributed by atoms with Crippen molar-refractivity contribution < 1.29 is 4.74 Å². The van der Waals surface area contributed by atoms with E-state index >= 15 is 0 Å². The lowest BCUT2D eigenvalue weighted by atomic mass is 10.2. The molecule has 0 aliphatic heterocycles. The maximum atomic E-state index is 6.11. The molecule has 0 aliphatic rings. The van der Waals surface area contributed by atoms with Gasteiger partial charge in [0.15, 0.2) is 5.15 Å². The summed E-state index contributed by atoms with van der Waals surface area (Å²) in [7, 11) is 0. The van der Waals surface area contributed by atoms with Gasteiger partial charge in [0.1, 0.15) is 16.6 Å². The lowest BCUT2D eigenvalue weighted by Crippen LogP contribution is -1.91. The number of imidazole rings is 1. The number of nitrogens with zero attached hydrogens (tertiary/aromatic N) is 2. The Morgan fingerprint density at radius 3 is 2.52 bits per heavy atom. The molecule has 7 heteroatoms. The molecule has 1 N–H and O–H groups in total. The molecule has 124 valence electrons. The van der Waals surface area contributed by atoms with Crippen LogP contribution in [0.4, 0.5) is 0 Å². The summed E-state index contributed by atoms with van der Waals surface area (Å²) in [5.74, 6) is 1.50. The van der Waals surface area contributed by atoms with E-state index in [0.717, 1.165) is 22.4 Å². The van der Waals surface area contributed by atoms with Gasteiger partial charge in [-0.3, -0.25) is 0 Å². The third-order valence-electron chi connectivity index (χ3n) is 3.57. The molecule has 0 fully saturated rings. The number of ether oxygens (including phenoxy) is 1. The highest BCUT2D eigenvalue weighted by atomic mass is 35.5. The number of aromatic nitrogens is 3. The van der Waals surface area contributed by atoms with E-state index in [-0.39, 0.29) is 21.1 Å². The summed E-state index contributed by atoms with van der Waals surface area (Å²) in [5, 5.41) is 0.688. The number of fused-ring (bicyclic) bond motifs is 1. The number of nitrogens with one attached hydrogen (secondary N) is 1. The molecule has 0 saturated carbocycles.